The molecule has 3 fully saturated rings. The number of ether oxygens (including phenoxy) is 3. The Balaban J connectivity index is 1.58. The molecule has 3 nitrogen and oxygen atoms in total. The summed E-state index contributed by atoms with van der Waals surface area (Å²) in [5.41, 5.74) is 0. The van der Waals surface area contributed by atoms with Gasteiger partial charge in [-0.2, -0.15) is 0 Å². The lowest BCUT2D eigenvalue weighted by atomic mass is 9.63. The van der Waals surface area contributed by atoms with Crippen LogP contribution < -0.4 is 0 Å². The topological polar surface area (TPSA) is 27.7 Å². The maximum absolute atomic E-state index is 15.0. The van der Waals surface area contributed by atoms with Crippen LogP contribution in [0.4, 0.5) is 8.78 Å². The summed E-state index contributed by atoms with van der Waals surface area (Å²) in [6, 6.07) is 0. The lowest BCUT2D eigenvalue weighted by molar-refractivity contribution is -0.204. The highest BCUT2D eigenvalue weighted by atomic mass is 19.1. The average Bonchev–Trinajstić information content (AvgIpc) is 2.65. The second-order valence-corrected chi connectivity index (χ2v) is 7.87. The molecule has 0 spiro atoms. The smallest absolute Gasteiger partial charge is 0.152 e. The molecule has 2 saturated carbocycles. The van der Waals surface area contributed by atoms with E-state index in [4.69, 9.17) is 14.2 Å². The van der Waals surface area contributed by atoms with E-state index in [-0.39, 0.29) is 37.1 Å². The Morgan fingerprint density at radius 2 is 1.69 bits per heavy atom. The van der Waals surface area contributed by atoms with Crippen LogP contribution in [0.5, 0.6) is 0 Å². The van der Waals surface area contributed by atoms with E-state index < -0.39 is 24.6 Å². The van der Waals surface area contributed by atoms with E-state index in [2.05, 4.69) is 18.8 Å². The average molecular weight is 370 g/mol. The van der Waals surface area contributed by atoms with Gasteiger partial charge in [0.05, 0.1) is 24.9 Å². The summed E-state index contributed by atoms with van der Waals surface area (Å²) >= 11 is 0. The standard InChI is InChI=1S/C21H32F2O3/c1-3-5-11-24-17-9-7-14-15-8-10-18(25-12-6-4-2)20(23)21(15)26-13-16(14)19(17)22/h14-21H,4,6-13H2,1-2H3. The summed E-state index contributed by atoms with van der Waals surface area (Å²) in [7, 11) is 0. The van der Waals surface area contributed by atoms with Gasteiger partial charge < -0.3 is 14.2 Å². The van der Waals surface area contributed by atoms with Crippen molar-refractivity contribution in [3.05, 3.63) is 0 Å². The van der Waals surface area contributed by atoms with Crippen molar-refractivity contribution >= 4 is 0 Å². The molecule has 0 N–H and O–H groups in total. The number of hydrogen-bond acceptors (Lipinski definition) is 3. The molecule has 0 bridgehead atoms. The summed E-state index contributed by atoms with van der Waals surface area (Å²) in [4.78, 5) is 0. The van der Waals surface area contributed by atoms with Gasteiger partial charge in [0, 0.05) is 12.5 Å². The van der Waals surface area contributed by atoms with Crippen LogP contribution in [0, 0.1) is 29.6 Å². The van der Waals surface area contributed by atoms with Gasteiger partial charge in [0.2, 0.25) is 0 Å². The number of halogens is 2. The number of unbranched alkanes of at least 4 members (excludes halogenated alkanes) is 1. The van der Waals surface area contributed by atoms with Crippen LogP contribution in [0.2, 0.25) is 0 Å². The van der Waals surface area contributed by atoms with E-state index in [0.717, 1.165) is 25.7 Å². The minimum absolute atomic E-state index is 0.101. The van der Waals surface area contributed by atoms with Crippen molar-refractivity contribution < 1.29 is 23.0 Å². The number of hydrogen-bond donors (Lipinski definition) is 0. The molecule has 0 aromatic rings. The predicted octanol–water partition coefficient (Wildman–Crippen LogP) is 4.09. The monoisotopic (exact) mass is 370 g/mol. The lowest BCUT2D eigenvalue weighted by Gasteiger charge is -2.52. The first-order valence-corrected chi connectivity index (χ1v) is 10.2. The van der Waals surface area contributed by atoms with E-state index >= 15 is 0 Å². The van der Waals surface area contributed by atoms with Crippen molar-refractivity contribution in [3.63, 3.8) is 0 Å². The molecule has 26 heavy (non-hydrogen) atoms. The maximum Gasteiger partial charge on any atom is 0.152 e. The van der Waals surface area contributed by atoms with Crippen LogP contribution in [0.25, 0.3) is 0 Å². The second-order valence-electron chi connectivity index (χ2n) is 7.87. The first kappa shape index (κ1) is 20.0. The van der Waals surface area contributed by atoms with E-state index in [1.54, 1.807) is 6.92 Å². The first-order valence-electron chi connectivity index (χ1n) is 10.2. The van der Waals surface area contributed by atoms with Gasteiger partial charge in [-0.05, 0) is 50.9 Å². The highest BCUT2D eigenvalue weighted by Gasteiger charge is 2.53. The molecule has 0 radical (unpaired) electrons. The number of rotatable bonds is 6. The first-order chi connectivity index (χ1) is 12.7. The van der Waals surface area contributed by atoms with Crippen molar-refractivity contribution in [2.75, 3.05) is 19.8 Å². The van der Waals surface area contributed by atoms with E-state index in [1.165, 1.54) is 0 Å². The molecule has 2 aliphatic carbocycles. The van der Waals surface area contributed by atoms with Crippen LogP contribution in [0.1, 0.15) is 52.4 Å². The molecule has 148 valence electrons. The molecular weight excluding hydrogens is 338 g/mol. The van der Waals surface area contributed by atoms with Crippen molar-refractivity contribution in [1.29, 1.82) is 0 Å². The molecule has 8 atom stereocenters. The van der Waals surface area contributed by atoms with Crippen LogP contribution in [-0.4, -0.2) is 50.5 Å². The normalized spacial score (nSPS) is 42.3. The molecule has 1 heterocycles. The summed E-state index contributed by atoms with van der Waals surface area (Å²) in [6.45, 7) is 5.01. The van der Waals surface area contributed by atoms with Gasteiger partial charge in [-0.3, -0.25) is 0 Å². The van der Waals surface area contributed by atoms with Crippen LogP contribution >= 0.6 is 0 Å². The van der Waals surface area contributed by atoms with E-state index in [9.17, 15) is 8.78 Å². The largest absolute Gasteiger partial charge is 0.375 e. The molecule has 8 unspecified atom stereocenters. The molecule has 3 aliphatic rings. The van der Waals surface area contributed by atoms with Crippen molar-refractivity contribution in [2.45, 2.75) is 83.0 Å². The Morgan fingerprint density at radius 1 is 0.962 bits per heavy atom. The van der Waals surface area contributed by atoms with E-state index in [1.807, 2.05) is 0 Å². The van der Waals surface area contributed by atoms with Crippen molar-refractivity contribution in [2.24, 2.45) is 17.8 Å². The fraction of sp³-hybridized carbons (Fsp3) is 0.905. The maximum atomic E-state index is 15.0. The molecule has 0 amide bonds. The van der Waals surface area contributed by atoms with Crippen LogP contribution in [-0.2, 0) is 14.2 Å². The Hall–Kier alpha value is -0.700. The molecule has 0 aromatic heterocycles. The third-order valence-electron chi connectivity index (χ3n) is 6.38. The van der Waals surface area contributed by atoms with Gasteiger partial charge >= 0.3 is 0 Å². The SMILES string of the molecule is CC#CCOC1CCC2C(COC3C(F)C(OCCCC)CCC23)C1F. The van der Waals surface area contributed by atoms with Gasteiger partial charge in [0.25, 0.3) is 0 Å². The Morgan fingerprint density at radius 3 is 2.42 bits per heavy atom. The predicted molar refractivity (Wildman–Crippen MR) is 96.3 cm³/mol. The minimum Gasteiger partial charge on any atom is -0.375 e. The van der Waals surface area contributed by atoms with Crippen molar-refractivity contribution in [3.8, 4) is 11.8 Å². The van der Waals surface area contributed by atoms with Gasteiger partial charge in [0.15, 0.2) is 6.17 Å². The third-order valence-corrected chi connectivity index (χ3v) is 6.38. The number of alkyl halides is 2. The molecule has 1 aliphatic heterocycles. The molecule has 3 rings (SSSR count). The Kier molecular flexibility index (Phi) is 7.31. The quantitative estimate of drug-likeness (QED) is 0.521. The van der Waals surface area contributed by atoms with E-state index in [0.29, 0.717) is 19.4 Å². The third kappa shape index (κ3) is 4.24. The molecular formula is C21H32F2O3. The fourth-order valence-corrected chi connectivity index (χ4v) is 4.96. The lowest BCUT2D eigenvalue weighted by Crippen LogP contribution is -2.58. The molecule has 5 heteroatoms. The molecule has 0 aromatic carbocycles. The molecule has 1 saturated heterocycles. The fourth-order valence-electron chi connectivity index (χ4n) is 4.96. The summed E-state index contributed by atoms with van der Waals surface area (Å²) in [5.74, 6) is 5.70. The second kappa shape index (κ2) is 9.48. The van der Waals surface area contributed by atoms with Crippen LogP contribution in [0.3, 0.4) is 0 Å². The number of fused-ring (bicyclic) bond motifs is 3. The highest BCUT2D eigenvalue weighted by Crippen LogP contribution is 2.48. The van der Waals surface area contributed by atoms with Crippen LogP contribution in [0.15, 0.2) is 0 Å². The summed E-state index contributed by atoms with van der Waals surface area (Å²) < 4.78 is 47.2. The van der Waals surface area contributed by atoms with Gasteiger partial charge in [-0.15, -0.1) is 5.92 Å². The summed E-state index contributed by atoms with van der Waals surface area (Å²) in [5, 5.41) is 0. The van der Waals surface area contributed by atoms with Gasteiger partial charge in [-0.1, -0.05) is 19.3 Å². The van der Waals surface area contributed by atoms with Gasteiger partial charge in [-0.25, -0.2) is 8.78 Å². The highest BCUT2D eigenvalue weighted by molar-refractivity contribution is 5.02. The zero-order chi connectivity index (χ0) is 18.5. The zero-order valence-corrected chi connectivity index (χ0v) is 16.0. The Bertz CT molecular complexity index is 503. The minimum atomic E-state index is -1.10. The Labute approximate surface area is 156 Å². The zero-order valence-electron chi connectivity index (χ0n) is 16.0. The summed E-state index contributed by atoms with van der Waals surface area (Å²) in [6.07, 6.45) is 1.77. The van der Waals surface area contributed by atoms with Gasteiger partial charge in [0.1, 0.15) is 12.8 Å². The van der Waals surface area contributed by atoms with Crippen molar-refractivity contribution in [1.82, 2.24) is 0 Å².